The molecule has 0 saturated carbocycles. The monoisotopic (exact) mass is 200 g/mol. The van der Waals surface area contributed by atoms with E-state index in [1.54, 1.807) is 4.90 Å². The summed E-state index contributed by atoms with van der Waals surface area (Å²) in [5, 5.41) is 7.93. The molecule has 0 aromatic heterocycles. The van der Waals surface area contributed by atoms with E-state index in [9.17, 15) is 4.79 Å². The Labute approximate surface area is 83.3 Å². The molecule has 1 amide bonds. The zero-order chi connectivity index (χ0) is 9.68. The van der Waals surface area contributed by atoms with Gasteiger partial charge in [0.25, 0.3) is 0 Å². The molecular weight excluding hydrogens is 188 g/mol. The smallest absolute Gasteiger partial charge is 0.222 e. The van der Waals surface area contributed by atoms with E-state index >= 15 is 0 Å². The van der Waals surface area contributed by atoms with Gasteiger partial charge in [-0.3, -0.25) is 4.79 Å². The molecule has 3 nitrogen and oxygen atoms in total. The van der Waals surface area contributed by atoms with Crippen LogP contribution in [0.2, 0.25) is 0 Å². The first-order valence-corrected chi connectivity index (χ1v) is 4.99. The number of hydrogen-bond acceptors (Lipinski definition) is 2. The van der Waals surface area contributed by atoms with Crippen molar-refractivity contribution in [1.82, 2.24) is 4.90 Å². The summed E-state index contributed by atoms with van der Waals surface area (Å²) in [6, 6.07) is 1.92. The maximum atomic E-state index is 11.4. The van der Waals surface area contributed by atoms with Gasteiger partial charge in [-0.15, -0.1) is 11.6 Å². The Balaban J connectivity index is 2.46. The highest BCUT2D eigenvalue weighted by atomic mass is 35.5. The Morgan fingerprint density at radius 3 is 3.00 bits per heavy atom. The summed E-state index contributed by atoms with van der Waals surface area (Å²) < 4.78 is 0. The van der Waals surface area contributed by atoms with E-state index in [1.807, 2.05) is 6.07 Å². The molecule has 0 aliphatic carbocycles. The molecule has 4 heteroatoms. The van der Waals surface area contributed by atoms with Crippen molar-refractivity contribution in [3.8, 4) is 6.07 Å². The van der Waals surface area contributed by atoms with E-state index in [2.05, 4.69) is 0 Å². The van der Waals surface area contributed by atoms with Gasteiger partial charge < -0.3 is 4.90 Å². The first kappa shape index (κ1) is 10.3. The van der Waals surface area contributed by atoms with Crippen LogP contribution in [0.15, 0.2) is 0 Å². The molecule has 0 radical (unpaired) electrons. The predicted molar refractivity (Wildman–Crippen MR) is 50.3 cm³/mol. The van der Waals surface area contributed by atoms with Crippen LogP contribution in [0.25, 0.3) is 0 Å². The van der Waals surface area contributed by atoms with Crippen molar-refractivity contribution in [2.45, 2.75) is 31.1 Å². The lowest BCUT2D eigenvalue weighted by Gasteiger charge is -2.20. The van der Waals surface area contributed by atoms with Crippen molar-refractivity contribution in [3.63, 3.8) is 0 Å². The van der Waals surface area contributed by atoms with Crippen LogP contribution >= 0.6 is 11.6 Å². The Morgan fingerprint density at radius 1 is 1.54 bits per heavy atom. The molecule has 1 atom stereocenters. The zero-order valence-corrected chi connectivity index (χ0v) is 8.26. The first-order valence-electron chi connectivity index (χ1n) is 4.55. The van der Waals surface area contributed by atoms with E-state index in [-0.39, 0.29) is 5.91 Å². The summed E-state index contributed by atoms with van der Waals surface area (Å²) in [6.07, 6.45) is 3.70. The summed E-state index contributed by atoms with van der Waals surface area (Å²) in [6.45, 7) is 1.13. The minimum Gasteiger partial charge on any atom is -0.340 e. The van der Waals surface area contributed by atoms with Gasteiger partial charge >= 0.3 is 0 Å². The molecule has 1 aliphatic heterocycles. The Bertz CT molecular complexity index is 224. The quantitative estimate of drug-likeness (QED) is 0.635. The van der Waals surface area contributed by atoms with E-state index in [1.165, 1.54) is 0 Å². The van der Waals surface area contributed by atoms with Crippen LogP contribution in [0.5, 0.6) is 0 Å². The number of nitrogens with zero attached hydrogens (tertiary/aromatic N) is 2. The number of carbonyl (C=O) groups is 1. The van der Waals surface area contributed by atoms with Gasteiger partial charge in [-0.05, 0) is 12.8 Å². The lowest BCUT2D eigenvalue weighted by atomic mass is 10.2. The van der Waals surface area contributed by atoms with E-state index in [0.29, 0.717) is 13.0 Å². The van der Waals surface area contributed by atoms with Crippen molar-refractivity contribution in [1.29, 1.82) is 5.26 Å². The maximum Gasteiger partial charge on any atom is 0.222 e. The van der Waals surface area contributed by atoms with Gasteiger partial charge in [-0.1, -0.05) is 6.42 Å². The van der Waals surface area contributed by atoms with Gasteiger partial charge in [-0.2, -0.15) is 5.26 Å². The first-order chi connectivity index (χ1) is 6.24. The van der Waals surface area contributed by atoms with Crippen molar-refractivity contribution in [3.05, 3.63) is 0 Å². The normalized spacial score (nSPS) is 20.6. The number of likely N-dealkylation sites (tertiary alicyclic amines) is 1. The number of carbonyl (C=O) groups excluding carboxylic acids is 1. The summed E-state index contributed by atoms with van der Waals surface area (Å²) in [7, 11) is 0. The molecular formula is C9H13ClN2O. The van der Waals surface area contributed by atoms with Crippen molar-refractivity contribution >= 4 is 17.5 Å². The fraction of sp³-hybridized carbons (Fsp3) is 0.778. The number of halogens is 1. The van der Waals surface area contributed by atoms with Crippen LogP contribution in [0.3, 0.4) is 0 Å². The fourth-order valence-electron chi connectivity index (χ4n) is 1.47. The second kappa shape index (κ2) is 5.08. The predicted octanol–water partition coefficient (Wildman–Crippen LogP) is 1.52. The minimum atomic E-state index is -0.568. The third-order valence-electron chi connectivity index (χ3n) is 2.19. The molecule has 1 rings (SSSR count). The van der Waals surface area contributed by atoms with Gasteiger partial charge in [-0.25, -0.2) is 0 Å². The van der Waals surface area contributed by atoms with Crippen LogP contribution in [0.4, 0.5) is 0 Å². The lowest BCUT2D eigenvalue weighted by molar-refractivity contribution is -0.130. The molecule has 72 valence electrons. The Morgan fingerprint density at radius 2 is 2.31 bits per heavy atom. The van der Waals surface area contributed by atoms with Crippen molar-refractivity contribution in [2.24, 2.45) is 0 Å². The molecule has 0 aromatic carbocycles. The number of hydrogen-bond donors (Lipinski definition) is 0. The third-order valence-corrected chi connectivity index (χ3v) is 2.43. The molecule has 0 aromatic rings. The van der Waals surface area contributed by atoms with E-state index < -0.39 is 5.38 Å². The Kier molecular flexibility index (Phi) is 4.04. The van der Waals surface area contributed by atoms with Crippen LogP contribution < -0.4 is 0 Å². The summed E-state index contributed by atoms with van der Waals surface area (Å²) >= 11 is 5.66. The molecule has 1 heterocycles. The zero-order valence-electron chi connectivity index (χ0n) is 7.50. The molecule has 0 spiro atoms. The molecule has 0 N–H and O–H groups in total. The lowest BCUT2D eigenvalue weighted by Crippen LogP contribution is -2.34. The molecule has 1 fully saturated rings. The summed E-state index contributed by atoms with van der Waals surface area (Å²) in [4.78, 5) is 13.1. The van der Waals surface area contributed by atoms with Crippen LogP contribution in [-0.2, 0) is 4.79 Å². The maximum absolute atomic E-state index is 11.4. The van der Waals surface area contributed by atoms with Gasteiger partial charge in [0, 0.05) is 13.0 Å². The van der Waals surface area contributed by atoms with Gasteiger partial charge in [0.15, 0.2) is 0 Å². The van der Waals surface area contributed by atoms with Gasteiger partial charge in [0.1, 0.15) is 5.38 Å². The van der Waals surface area contributed by atoms with Gasteiger partial charge in [0.05, 0.1) is 12.6 Å². The molecule has 0 bridgehead atoms. The van der Waals surface area contributed by atoms with Crippen molar-refractivity contribution in [2.75, 3.05) is 13.1 Å². The fourth-order valence-corrected chi connectivity index (χ4v) is 1.63. The largest absolute Gasteiger partial charge is 0.340 e. The minimum absolute atomic E-state index is 0.137. The van der Waals surface area contributed by atoms with Crippen LogP contribution in [-0.4, -0.2) is 29.3 Å². The number of rotatable bonds is 2. The number of nitriles is 1. The Hall–Kier alpha value is -0.750. The standard InChI is InChI=1S/C9H13ClN2O/c10-8(6-11)7-12-5-3-1-2-4-9(12)13/h8H,1-5,7H2. The van der Waals surface area contributed by atoms with Gasteiger partial charge in [0.2, 0.25) is 5.91 Å². The number of alkyl halides is 1. The van der Waals surface area contributed by atoms with E-state index in [4.69, 9.17) is 16.9 Å². The summed E-state index contributed by atoms with van der Waals surface area (Å²) in [5.41, 5.74) is 0. The SMILES string of the molecule is N#CC(Cl)CN1CCCCCC1=O. The molecule has 1 saturated heterocycles. The van der Waals surface area contributed by atoms with Crippen LogP contribution in [0.1, 0.15) is 25.7 Å². The summed E-state index contributed by atoms with van der Waals surface area (Å²) in [5.74, 6) is 0.137. The average Bonchev–Trinajstić information content (AvgIpc) is 2.32. The molecule has 13 heavy (non-hydrogen) atoms. The third kappa shape index (κ3) is 3.23. The van der Waals surface area contributed by atoms with Crippen molar-refractivity contribution < 1.29 is 4.79 Å². The second-order valence-electron chi connectivity index (χ2n) is 3.25. The topological polar surface area (TPSA) is 44.1 Å². The second-order valence-corrected chi connectivity index (χ2v) is 3.77. The molecule has 1 aliphatic rings. The highest BCUT2D eigenvalue weighted by Crippen LogP contribution is 2.12. The highest BCUT2D eigenvalue weighted by Gasteiger charge is 2.18. The van der Waals surface area contributed by atoms with E-state index in [0.717, 1.165) is 25.8 Å². The number of amides is 1. The average molecular weight is 201 g/mol. The highest BCUT2D eigenvalue weighted by molar-refractivity contribution is 6.22. The van der Waals surface area contributed by atoms with Crippen LogP contribution in [0, 0.1) is 11.3 Å². The molecule has 1 unspecified atom stereocenters.